The summed E-state index contributed by atoms with van der Waals surface area (Å²) in [7, 11) is 1.49. The number of fused-ring (bicyclic) bond motifs is 2. The van der Waals surface area contributed by atoms with Crippen LogP contribution >= 0.6 is 0 Å². The number of benzene rings is 2. The van der Waals surface area contributed by atoms with Gasteiger partial charge in [-0.1, -0.05) is 5.16 Å². The van der Waals surface area contributed by atoms with Crippen LogP contribution in [0.15, 0.2) is 81.9 Å². The van der Waals surface area contributed by atoms with Gasteiger partial charge in [-0.25, -0.2) is 33.3 Å². The lowest BCUT2D eigenvalue weighted by molar-refractivity contribution is -0.0179. The highest BCUT2D eigenvalue weighted by molar-refractivity contribution is 5.92. The molecule has 4 aliphatic rings. The SMILES string of the molecule is CNC(=O)c1cc(CN(C(=O)O)C2CC3(C2)CN(c2ccc4cc(F)ccc4n2)C3)on1.NC(=O)c1coc(CN(C(=O)O)C2CC3(CCN(c4ccc5cc(F)ccc5n4)CC3)C2)n1. The predicted octanol–water partition coefficient (Wildman–Crippen LogP) is 6.26. The standard InChI is InChI=1S/C23H24FN5O4.C22H22FN5O4/c24-15-2-3-17-14(9-15)1-4-19(26-17)28-7-5-23(6-8-28)10-16(11-23)29(22(31)32)12-20-27-18(13-33-20)21(25)30;1-24-20(29)18-7-16(32-26-18)10-28(21(30)31)15-8-22(9-15)11-27(12-22)19-5-2-13-6-14(23)3-4-17(13)25-19/h1-4,9,13,16H,5-8,10-12H2,(H2,25,30)(H,31,32);2-7,15H,8-12H2,1H3,(H,24,29)(H,30,31). The average molecular weight is 893 g/mol. The Balaban J connectivity index is 0.000000164. The zero-order chi connectivity index (χ0) is 45.6. The van der Waals surface area contributed by atoms with Crippen LogP contribution in [0.4, 0.5) is 30.0 Å². The van der Waals surface area contributed by atoms with E-state index >= 15 is 0 Å². The van der Waals surface area contributed by atoms with E-state index in [1.807, 2.05) is 24.3 Å². The number of carbonyl (C=O) groups is 4. The number of anilines is 2. The number of pyridine rings is 2. The van der Waals surface area contributed by atoms with Gasteiger partial charge in [-0.15, -0.1) is 0 Å². The van der Waals surface area contributed by atoms with E-state index in [2.05, 4.69) is 35.2 Å². The molecule has 2 aliphatic heterocycles. The van der Waals surface area contributed by atoms with Gasteiger partial charge < -0.3 is 40.0 Å². The van der Waals surface area contributed by atoms with Crippen LogP contribution in [0.5, 0.6) is 0 Å². The van der Waals surface area contributed by atoms with Crippen molar-refractivity contribution in [2.75, 3.05) is 43.0 Å². The van der Waals surface area contributed by atoms with Gasteiger partial charge in [-0.3, -0.25) is 19.4 Å². The molecule has 5 N–H and O–H groups in total. The van der Waals surface area contributed by atoms with E-state index in [0.29, 0.717) is 5.76 Å². The van der Waals surface area contributed by atoms with Gasteiger partial charge in [0.15, 0.2) is 17.1 Å². The van der Waals surface area contributed by atoms with Crippen molar-refractivity contribution >= 4 is 57.4 Å². The van der Waals surface area contributed by atoms with Crippen molar-refractivity contribution in [1.82, 2.24) is 35.2 Å². The van der Waals surface area contributed by atoms with Crippen LogP contribution in [0.3, 0.4) is 0 Å². The number of hydrogen-bond acceptors (Lipinski definition) is 12. The third-order valence-corrected chi connectivity index (χ3v) is 13.3. The maximum atomic E-state index is 13.4. The van der Waals surface area contributed by atoms with Crippen molar-refractivity contribution in [3.8, 4) is 0 Å². The van der Waals surface area contributed by atoms with Crippen molar-refractivity contribution < 1.29 is 47.1 Å². The fourth-order valence-corrected chi connectivity index (χ4v) is 9.78. The second-order valence-corrected chi connectivity index (χ2v) is 17.5. The van der Waals surface area contributed by atoms with Gasteiger partial charge in [-0.05, 0) is 105 Å². The number of oxazole rings is 1. The van der Waals surface area contributed by atoms with E-state index in [0.717, 1.165) is 104 Å². The van der Waals surface area contributed by atoms with E-state index < -0.39 is 18.1 Å². The fraction of sp³-hybridized carbons (Fsp3) is 0.378. The van der Waals surface area contributed by atoms with Crippen LogP contribution in [0.2, 0.25) is 0 Å². The number of nitrogens with two attached hydrogens (primary N) is 1. The molecule has 65 heavy (non-hydrogen) atoms. The Morgan fingerprint density at radius 1 is 0.754 bits per heavy atom. The molecule has 0 radical (unpaired) electrons. The van der Waals surface area contributed by atoms with E-state index in [4.69, 9.17) is 14.7 Å². The summed E-state index contributed by atoms with van der Waals surface area (Å²) >= 11 is 0. The number of hydrogen-bond donors (Lipinski definition) is 4. The number of amides is 4. The molecule has 4 fully saturated rings. The van der Waals surface area contributed by atoms with E-state index in [9.17, 15) is 38.2 Å². The lowest BCUT2D eigenvalue weighted by atomic mass is 9.60. The van der Waals surface area contributed by atoms with Crippen molar-refractivity contribution in [1.29, 1.82) is 0 Å². The Morgan fingerprint density at radius 3 is 1.85 bits per heavy atom. The second kappa shape index (κ2) is 17.0. The molecule has 6 aromatic rings. The summed E-state index contributed by atoms with van der Waals surface area (Å²) in [6, 6.07) is 17.9. The summed E-state index contributed by atoms with van der Waals surface area (Å²) in [5, 5.41) is 27.0. The van der Waals surface area contributed by atoms with Crippen molar-refractivity contribution in [3.05, 3.63) is 108 Å². The molecule has 0 atom stereocenters. The molecule has 2 spiro atoms. The second-order valence-electron chi connectivity index (χ2n) is 17.5. The minimum Gasteiger partial charge on any atom is -0.465 e. The molecule has 2 aromatic carbocycles. The number of halogens is 2. The minimum absolute atomic E-state index is 0.0137. The number of piperidine rings is 1. The Labute approximate surface area is 370 Å². The van der Waals surface area contributed by atoms with Crippen LogP contribution in [0.25, 0.3) is 21.8 Å². The van der Waals surface area contributed by atoms with Gasteiger partial charge in [0.1, 0.15) is 36.1 Å². The highest BCUT2D eigenvalue weighted by Gasteiger charge is 2.55. The molecule has 338 valence electrons. The summed E-state index contributed by atoms with van der Waals surface area (Å²) in [5.74, 6) is 0.554. The van der Waals surface area contributed by atoms with Crippen LogP contribution < -0.4 is 20.9 Å². The molecule has 2 aliphatic carbocycles. The number of nitrogens with zero attached hydrogens (tertiary/aromatic N) is 8. The Kier molecular flexibility index (Phi) is 11.2. The van der Waals surface area contributed by atoms with Gasteiger partial charge >= 0.3 is 12.2 Å². The molecule has 18 nitrogen and oxygen atoms in total. The summed E-state index contributed by atoms with van der Waals surface area (Å²) < 4.78 is 37.1. The number of carboxylic acid groups (broad SMARTS) is 2. The van der Waals surface area contributed by atoms with Gasteiger partial charge in [0.2, 0.25) is 5.89 Å². The molecular formula is C45H46F2N10O8. The third kappa shape index (κ3) is 8.79. The van der Waals surface area contributed by atoms with E-state index in [-0.39, 0.29) is 70.8 Å². The molecule has 0 unspecified atom stereocenters. The zero-order valence-corrected chi connectivity index (χ0v) is 35.3. The first-order chi connectivity index (χ1) is 31.2. The maximum absolute atomic E-state index is 13.4. The number of rotatable bonds is 10. The molecule has 4 aromatic heterocycles. The summed E-state index contributed by atoms with van der Waals surface area (Å²) in [5.41, 5.74) is 6.99. The van der Waals surface area contributed by atoms with Crippen LogP contribution in [0.1, 0.15) is 71.2 Å². The maximum Gasteiger partial charge on any atom is 0.408 e. The summed E-state index contributed by atoms with van der Waals surface area (Å²) in [6.45, 7) is 3.31. The molecule has 10 rings (SSSR count). The highest BCUT2D eigenvalue weighted by Crippen LogP contribution is 2.53. The van der Waals surface area contributed by atoms with Crippen molar-refractivity contribution in [2.24, 2.45) is 16.6 Å². The first-order valence-electron chi connectivity index (χ1n) is 21.2. The monoisotopic (exact) mass is 892 g/mol. The minimum atomic E-state index is -1.04. The summed E-state index contributed by atoms with van der Waals surface area (Å²) in [4.78, 5) is 66.8. The summed E-state index contributed by atoms with van der Waals surface area (Å²) in [6.07, 6.45) is 4.05. The molecule has 4 amide bonds. The smallest absolute Gasteiger partial charge is 0.408 e. The molecule has 6 heterocycles. The first kappa shape index (κ1) is 42.9. The molecule has 2 saturated heterocycles. The van der Waals surface area contributed by atoms with Crippen molar-refractivity contribution in [3.63, 3.8) is 0 Å². The molecular weight excluding hydrogens is 847 g/mol. The highest BCUT2D eigenvalue weighted by atomic mass is 19.1. The van der Waals surface area contributed by atoms with Crippen LogP contribution in [-0.2, 0) is 13.1 Å². The van der Waals surface area contributed by atoms with E-state index in [1.54, 1.807) is 12.1 Å². The van der Waals surface area contributed by atoms with Gasteiger partial charge in [0, 0.05) is 67.6 Å². The van der Waals surface area contributed by atoms with Gasteiger partial charge in [0.05, 0.1) is 17.6 Å². The Morgan fingerprint density at radius 2 is 1.31 bits per heavy atom. The number of primary amides is 1. The lowest BCUT2D eigenvalue weighted by Gasteiger charge is -2.60. The first-order valence-corrected chi connectivity index (χ1v) is 21.2. The average Bonchev–Trinajstić information content (AvgIpc) is 3.94. The molecule has 20 heteroatoms. The lowest BCUT2D eigenvalue weighted by Crippen LogP contribution is -2.67. The quantitative estimate of drug-likeness (QED) is 0.119. The molecule has 0 bridgehead atoms. The fourth-order valence-electron chi connectivity index (χ4n) is 9.78. The van der Waals surface area contributed by atoms with Crippen molar-refractivity contribution in [2.45, 2.75) is 63.7 Å². The van der Waals surface area contributed by atoms with Gasteiger partial charge in [0.25, 0.3) is 11.8 Å². The van der Waals surface area contributed by atoms with Gasteiger partial charge in [-0.2, -0.15) is 0 Å². The molecule has 2 saturated carbocycles. The number of carbonyl (C=O) groups excluding carboxylic acids is 2. The third-order valence-electron chi connectivity index (χ3n) is 13.3. The number of nitrogens with one attached hydrogen (secondary N) is 1. The van der Waals surface area contributed by atoms with Crippen LogP contribution in [0, 0.1) is 22.5 Å². The van der Waals surface area contributed by atoms with E-state index in [1.165, 1.54) is 47.2 Å². The Hall–Kier alpha value is -7.38. The van der Waals surface area contributed by atoms with Crippen LogP contribution in [-0.4, -0.2) is 109 Å². The number of aromatic nitrogens is 4. The normalized spacial score (nSPS) is 18.3. The predicted molar refractivity (Wildman–Crippen MR) is 230 cm³/mol. The Bertz CT molecular complexity index is 2790. The zero-order valence-electron chi connectivity index (χ0n) is 35.3. The topological polar surface area (TPSA) is 238 Å². The largest absolute Gasteiger partial charge is 0.465 e.